The van der Waals surface area contributed by atoms with Gasteiger partial charge in [-0.3, -0.25) is 0 Å². The molecule has 1 heteroatoms. The molecule has 0 aliphatic rings. The number of hydrogen-bond acceptors (Lipinski definition) is 0. The Hall–Kier alpha value is -0.720. The van der Waals surface area contributed by atoms with Crippen LogP contribution >= 0.6 is 0 Å². The summed E-state index contributed by atoms with van der Waals surface area (Å²) < 4.78 is 2.26. The molecule has 0 aliphatic heterocycles. The third kappa shape index (κ3) is 1.41. The van der Waals surface area contributed by atoms with E-state index in [1.54, 1.807) is 0 Å². The molecule has 1 aromatic rings. The lowest BCUT2D eigenvalue weighted by molar-refractivity contribution is 0.533. The molecule has 0 aromatic carbocycles. The molecule has 1 atom stereocenters. The van der Waals surface area contributed by atoms with Crippen molar-refractivity contribution >= 4 is 0 Å². The molecular weight excluding hydrogens is 122 g/mol. The van der Waals surface area contributed by atoms with Gasteiger partial charge in [-0.1, -0.05) is 6.92 Å². The van der Waals surface area contributed by atoms with Crippen molar-refractivity contribution in [2.75, 3.05) is 0 Å². The van der Waals surface area contributed by atoms with Crippen LogP contribution in [0.1, 0.15) is 31.9 Å². The summed E-state index contributed by atoms with van der Waals surface area (Å²) in [5.74, 6) is 0. The standard InChI is InChI=1S/C9H15N/c1-4-9(3)10-6-5-8(2)7-10/h5-7,9H,4H2,1-3H3. The zero-order valence-corrected chi connectivity index (χ0v) is 6.96. The first-order valence-electron chi connectivity index (χ1n) is 3.88. The second-order valence-corrected chi connectivity index (χ2v) is 2.89. The van der Waals surface area contributed by atoms with Crippen LogP contribution in [-0.4, -0.2) is 4.57 Å². The molecule has 1 aromatic heterocycles. The van der Waals surface area contributed by atoms with Crippen molar-refractivity contribution in [1.82, 2.24) is 4.57 Å². The van der Waals surface area contributed by atoms with Crippen molar-refractivity contribution in [3.63, 3.8) is 0 Å². The maximum absolute atomic E-state index is 2.26. The van der Waals surface area contributed by atoms with Crippen LogP contribution < -0.4 is 0 Å². The van der Waals surface area contributed by atoms with Crippen molar-refractivity contribution in [3.8, 4) is 0 Å². The SMILES string of the molecule is CCC(C)n1ccc(C)c1. The molecule has 0 bridgehead atoms. The lowest BCUT2D eigenvalue weighted by Gasteiger charge is -2.09. The Balaban J connectivity index is 2.74. The molecule has 56 valence electrons. The van der Waals surface area contributed by atoms with Gasteiger partial charge in [-0.05, 0) is 31.9 Å². The van der Waals surface area contributed by atoms with E-state index in [1.807, 2.05) is 0 Å². The van der Waals surface area contributed by atoms with Crippen LogP contribution in [-0.2, 0) is 0 Å². The Morgan fingerprint density at radius 1 is 1.60 bits per heavy atom. The molecule has 1 unspecified atom stereocenters. The maximum Gasteiger partial charge on any atom is 0.0299 e. The average molecular weight is 137 g/mol. The van der Waals surface area contributed by atoms with Gasteiger partial charge < -0.3 is 4.57 Å². The van der Waals surface area contributed by atoms with Crippen LogP contribution in [0, 0.1) is 6.92 Å². The fourth-order valence-corrected chi connectivity index (χ4v) is 1.01. The highest BCUT2D eigenvalue weighted by Crippen LogP contribution is 2.11. The molecule has 10 heavy (non-hydrogen) atoms. The fourth-order valence-electron chi connectivity index (χ4n) is 1.01. The van der Waals surface area contributed by atoms with E-state index >= 15 is 0 Å². The van der Waals surface area contributed by atoms with Crippen molar-refractivity contribution in [2.24, 2.45) is 0 Å². The second-order valence-electron chi connectivity index (χ2n) is 2.89. The number of nitrogens with zero attached hydrogens (tertiary/aromatic N) is 1. The molecule has 1 nitrogen and oxygen atoms in total. The maximum atomic E-state index is 2.26. The summed E-state index contributed by atoms with van der Waals surface area (Å²) in [5, 5.41) is 0. The van der Waals surface area contributed by atoms with E-state index < -0.39 is 0 Å². The summed E-state index contributed by atoms with van der Waals surface area (Å²) in [7, 11) is 0. The van der Waals surface area contributed by atoms with Gasteiger partial charge in [0, 0.05) is 18.4 Å². The Bertz CT molecular complexity index is 200. The highest BCUT2D eigenvalue weighted by Gasteiger charge is 1.98. The quantitative estimate of drug-likeness (QED) is 0.590. The summed E-state index contributed by atoms with van der Waals surface area (Å²) in [6.45, 7) is 6.57. The van der Waals surface area contributed by atoms with Crippen LogP contribution in [0.4, 0.5) is 0 Å². The van der Waals surface area contributed by atoms with Gasteiger partial charge in [0.25, 0.3) is 0 Å². The van der Waals surface area contributed by atoms with Crippen molar-refractivity contribution in [1.29, 1.82) is 0 Å². The first-order chi connectivity index (χ1) is 4.74. The zero-order chi connectivity index (χ0) is 7.56. The van der Waals surface area contributed by atoms with E-state index in [1.165, 1.54) is 12.0 Å². The van der Waals surface area contributed by atoms with Gasteiger partial charge in [0.1, 0.15) is 0 Å². The summed E-state index contributed by atoms with van der Waals surface area (Å²) in [6, 6.07) is 2.79. The minimum absolute atomic E-state index is 0.647. The fraction of sp³-hybridized carbons (Fsp3) is 0.556. The van der Waals surface area contributed by atoms with Crippen molar-refractivity contribution in [3.05, 3.63) is 24.0 Å². The predicted molar refractivity (Wildman–Crippen MR) is 44.2 cm³/mol. The van der Waals surface area contributed by atoms with Crippen LogP contribution in [0.15, 0.2) is 18.5 Å². The van der Waals surface area contributed by atoms with Gasteiger partial charge in [0.15, 0.2) is 0 Å². The number of hydrogen-bond donors (Lipinski definition) is 0. The molecule has 1 rings (SSSR count). The van der Waals surface area contributed by atoms with Crippen molar-refractivity contribution in [2.45, 2.75) is 33.2 Å². The summed E-state index contributed by atoms with van der Waals surface area (Å²) in [5.41, 5.74) is 1.35. The first kappa shape index (κ1) is 7.39. The van der Waals surface area contributed by atoms with Crippen LogP contribution in [0.2, 0.25) is 0 Å². The third-order valence-corrected chi connectivity index (χ3v) is 1.96. The van der Waals surface area contributed by atoms with E-state index in [9.17, 15) is 0 Å². The minimum Gasteiger partial charge on any atom is -0.351 e. The number of rotatable bonds is 2. The van der Waals surface area contributed by atoms with Gasteiger partial charge in [0.05, 0.1) is 0 Å². The molecule has 1 heterocycles. The Labute approximate surface area is 62.7 Å². The molecular formula is C9H15N. The highest BCUT2D eigenvalue weighted by atomic mass is 15.0. The number of aromatic nitrogens is 1. The highest BCUT2D eigenvalue weighted by molar-refractivity contribution is 5.07. The van der Waals surface area contributed by atoms with Crippen LogP contribution in [0.5, 0.6) is 0 Å². The summed E-state index contributed by atoms with van der Waals surface area (Å²) in [6.07, 6.45) is 5.53. The van der Waals surface area contributed by atoms with E-state index in [0.29, 0.717) is 6.04 Å². The predicted octanol–water partition coefficient (Wildman–Crippen LogP) is 2.77. The molecule has 0 fully saturated rings. The van der Waals surface area contributed by atoms with E-state index in [0.717, 1.165) is 0 Å². The summed E-state index contributed by atoms with van der Waals surface area (Å²) in [4.78, 5) is 0. The van der Waals surface area contributed by atoms with Gasteiger partial charge in [-0.25, -0.2) is 0 Å². The van der Waals surface area contributed by atoms with Crippen LogP contribution in [0.25, 0.3) is 0 Å². The lowest BCUT2D eigenvalue weighted by Crippen LogP contribution is -1.99. The van der Waals surface area contributed by atoms with Crippen molar-refractivity contribution < 1.29 is 0 Å². The normalized spacial score (nSPS) is 13.5. The summed E-state index contributed by atoms with van der Waals surface area (Å²) >= 11 is 0. The molecule has 0 spiro atoms. The van der Waals surface area contributed by atoms with Gasteiger partial charge in [-0.2, -0.15) is 0 Å². The molecule has 0 saturated carbocycles. The minimum atomic E-state index is 0.647. The average Bonchev–Trinajstić information content (AvgIpc) is 2.34. The largest absolute Gasteiger partial charge is 0.351 e. The third-order valence-electron chi connectivity index (χ3n) is 1.96. The first-order valence-corrected chi connectivity index (χ1v) is 3.88. The van der Waals surface area contributed by atoms with Crippen LogP contribution in [0.3, 0.4) is 0 Å². The Morgan fingerprint density at radius 3 is 2.70 bits per heavy atom. The zero-order valence-electron chi connectivity index (χ0n) is 6.96. The second kappa shape index (κ2) is 2.91. The molecule has 0 amide bonds. The Kier molecular flexibility index (Phi) is 2.15. The molecule has 0 saturated heterocycles. The smallest absolute Gasteiger partial charge is 0.0299 e. The van der Waals surface area contributed by atoms with Gasteiger partial charge >= 0.3 is 0 Å². The number of aryl methyl sites for hydroxylation is 1. The Morgan fingerprint density at radius 2 is 2.30 bits per heavy atom. The molecule has 0 aliphatic carbocycles. The lowest BCUT2D eigenvalue weighted by atomic mass is 10.3. The van der Waals surface area contributed by atoms with Gasteiger partial charge in [0.2, 0.25) is 0 Å². The molecule has 0 N–H and O–H groups in total. The van der Waals surface area contributed by atoms with E-state index in [-0.39, 0.29) is 0 Å². The topological polar surface area (TPSA) is 4.93 Å². The van der Waals surface area contributed by atoms with E-state index in [4.69, 9.17) is 0 Å². The van der Waals surface area contributed by atoms with E-state index in [2.05, 4.69) is 43.8 Å². The van der Waals surface area contributed by atoms with Gasteiger partial charge in [-0.15, -0.1) is 0 Å². The monoisotopic (exact) mass is 137 g/mol. The molecule has 0 radical (unpaired) electrons.